The number of hydrogen-bond donors (Lipinski definition) is 0. The van der Waals surface area contributed by atoms with Crippen LogP contribution in [0.3, 0.4) is 0 Å². The van der Waals surface area contributed by atoms with E-state index in [4.69, 9.17) is 11.6 Å². The zero-order chi connectivity index (χ0) is 18.7. The van der Waals surface area contributed by atoms with E-state index in [0.717, 1.165) is 25.3 Å². The summed E-state index contributed by atoms with van der Waals surface area (Å²) < 4.78 is 27.1. The molecule has 3 rings (SSSR count). The van der Waals surface area contributed by atoms with Gasteiger partial charge in [-0.05, 0) is 48.4 Å². The zero-order valence-electron chi connectivity index (χ0n) is 14.1. The van der Waals surface area contributed by atoms with Crippen LogP contribution in [0.25, 0.3) is 0 Å². The van der Waals surface area contributed by atoms with Gasteiger partial charge in [-0.2, -0.15) is 4.31 Å². The maximum Gasteiger partial charge on any atom is 0.244 e. The molecule has 0 radical (unpaired) electrons. The normalized spacial score (nSPS) is 16.5. The number of sulfonamides is 1. The first-order valence-electron chi connectivity index (χ1n) is 8.43. The second-order valence-corrected chi connectivity index (χ2v) is 8.78. The van der Waals surface area contributed by atoms with Crippen molar-refractivity contribution >= 4 is 27.6 Å². The van der Waals surface area contributed by atoms with E-state index in [-0.39, 0.29) is 15.5 Å². The quantitative estimate of drug-likeness (QED) is 0.782. The van der Waals surface area contributed by atoms with Crippen LogP contribution in [0.2, 0.25) is 5.02 Å². The van der Waals surface area contributed by atoms with Gasteiger partial charge in [-0.25, -0.2) is 8.42 Å². The molecule has 0 bridgehead atoms. The maximum absolute atomic E-state index is 12.9. The lowest BCUT2D eigenvalue weighted by molar-refractivity contribution is -0.255. The summed E-state index contributed by atoms with van der Waals surface area (Å²) in [7, 11) is -3.83. The Balaban J connectivity index is 1.72. The number of benzene rings is 2. The number of nitrogens with zero attached hydrogens (tertiary/aromatic N) is 1. The molecule has 1 saturated heterocycles. The van der Waals surface area contributed by atoms with Crippen molar-refractivity contribution in [3.8, 4) is 0 Å². The van der Waals surface area contributed by atoms with Crippen molar-refractivity contribution in [2.24, 2.45) is 5.92 Å². The molecule has 7 heteroatoms. The summed E-state index contributed by atoms with van der Waals surface area (Å²) in [4.78, 5) is 10.8. The Hall–Kier alpha value is -1.89. The lowest BCUT2D eigenvalue weighted by atomic mass is 9.91. The molecule has 0 atom stereocenters. The van der Waals surface area contributed by atoms with Crippen molar-refractivity contribution < 1.29 is 18.3 Å². The van der Waals surface area contributed by atoms with E-state index in [9.17, 15) is 18.3 Å². The molecule has 1 fully saturated rings. The first-order chi connectivity index (χ1) is 12.4. The third kappa shape index (κ3) is 4.09. The highest BCUT2D eigenvalue weighted by Gasteiger charge is 2.31. The average molecular weight is 393 g/mol. The van der Waals surface area contributed by atoms with Gasteiger partial charge in [-0.15, -0.1) is 0 Å². The molecule has 1 heterocycles. The summed E-state index contributed by atoms with van der Waals surface area (Å²) in [6.45, 7) is 0.789. The zero-order valence-corrected chi connectivity index (χ0v) is 15.7. The highest BCUT2D eigenvalue weighted by Crippen LogP contribution is 2.30. The van der Waals surface area contributed by atoms with E-state index < -0.39 is 16.0 Å². The van der Waals surface area contributed by atoms with E-state index in [1.165, 1.54) is 22.0 Å². The second kappa shape index (κ2) is 7.78. The number of hydrogen-bond acceptors (Lipinski definition) is 4. The highest BCUT2D eigenvalue weighted by atomic mass is 35.5. The first-order valence-corrected chi connectivity index (χ1v) is 10.2. The Morgan fingerprint density at radius 3 is 2.38 bits per heavy atom. The van der Waals surface area contributed by atoms with Crippen LogP contribution in [-0.2, 0) is 16.4 Å². The Morgan fingerprint density at radius 1 is 1.12 bits per heavy atom. The lowest BCUT2D eigenvalue weighted by Crippen LogP contribution is -2.39. The minimum absolute atomic E-state index is 0.0152. The summed E-state index contributed by atoms with van der Waals surface area (Å²) in [5, 5.41) is 11.0. The van der Waals surface area contributed by atoms with Gasteiger partial charge in [0.05, 0.1) is 11.0 Å². The minimum Gasteiger partial charge on any atom is -0.545 e. The molecular weight excluding hydrogens is 374 g/mol. The summed E-state index contributed by atoms with van der Waals surface area (Å²) in [6.07, 6.45) is 2.44. The summed E-state index contributed by atoms with van der Waals surface area (Å²) in [5.74, 6) is -1.01. The number of carboxylic acids is 1. The van der Waals surface area contributed by atoms with Crippen LogP contribution in [0.1, 0.15) is 28.8 Å². The van der Waals surface area contributed by atoms with Gasteiger partial charge in [-0.1, -0.05) is 48.0 Å². The average Bonchev–Trinajstić information content (AvgIpc) is 2.63. The van der Waals surface area contributed by atoms with Crippen molar-refractivity contribution in [3.05, 3.63) is 64.7 Å². The van der Waals surface area contributed by atoms with Gasteiger partial charge in [0, 0.05) is 13.1 Å². The molecule has 0 amide bonds. The molecule has 0 aromatic heterocycles. The third-order valence-electron chi connectivity index (χ3n) is 4.73. The van der Waals surface area contributed by atoms with Gasteiger partial charge in [0.25, 0.3) is 0 Å². The van der Waals surface area contributed by atoms with Crippen LogP contribution in [0.5, 0.6) is 0 Å². The number of carbonyl (C=O) groups is 1. The molecule has 138 valence electrons. The van der Waals surface area contributed by atoms with Gasteiger partial charge >= 0.3 is 0 Å². The van der Waals surface area contributed by atoms with Gasteiger partial charge in [-0.3, -0.25) is 0 Å². The molecule has 2 aromatic rings. The van der Waals surface area contributed by atoms with E-state index in [1.807, 2.05) is 18.2 Å². The molecule has 0 N–H and O–H groups in total. The molecule has 5 nitrogen and oxygen atoms in total. The third-order valence-corrected chi connectivity index (χ3v) is 7.11. The number of rotatable bonds is 5. The summed E-state index contributed by atoms with van der Waals surface area (Å²) in [6, 6.07) is 13.7. The highest BCUT2D eigenvalue weighted by molar-refractivity contribution is 7.89. The van der Waals surface area contributed by atoms with E-state index in [2.05, 4.69) is 12.1 Å². The van der Waals surface area contributed by atoms with E-state index in [1.54, 1.807) is 0 Å². The maximum atomic E-state index is 12.9. The monoisotopic (exact) mass is 392 g/mol. The van der Waals surface area contributed by atoms with Crippen LogP contribution in [0, 0.1) is 5.92 Å². The predicted octanol–water partition coefficient (Wildman–Crippen LogP) is 2.35. The molecule has 0 saturated carbocycles. The number of piperidine rings is 1. The van der Waals surface area contributed by atoms with Crippen molar-refractivity contribution in [1.29, 1.82) is 0 Å². The van der Waals surface area contributed by atoms with Crippen LogP contribution < -0.4 is 5.11 Å². The Bertz CT molecular complexity index is 891. The summed E-state index contributed by atoms with van der Waals surface area (Å²) >= 11 is 6.02. The Kier molecular flexibility index (Phi) is 5.65. The first kappa shape index (κ1) is 18.9. The molecule has 0 unspecified atom stereocenters. The largest absolute Gasteiger partial charge is 0.545 e. The molecule has 0 spiro atoms. The van der Waals surface area contributed by atoms with Gasteiger partial charge < -0.3 is 9.90 Å². The van der Waals surface area contributed by atoms with Gasteiger partial charge in [0.2, 0.25) is 10.0 Å². The van der Waals surface area contributed by atoms with Crippen molar-refractivity contribution in [1.82, 2.24) is 4.31 Å². The van der Waals surface area contributed by atoms with Crippen molar-refractivity contribution in [2.45, 2.75) is 24.2 Å². The molecular formula is C19H19ClNO4S-. The standard InChI is InChI=1S/C19H20ClNO4S/c20-17-7-6-16(19(22)23)13-18(17)26(24,25)21-10-8-15(9-11-21)12-14-4-2-1-3-5-14/h1-7,13,15H,8-12H2,(H,22,23)/p-1. The number of halogens is 1. The number of aromatic carboxylic acids is 1. The van der Waals surface area contributed by atoms with Crippen LogP contribution in [-0.4, -0.2) is 31.8 Å². The fourth-order valence-corrected chi connectivity index (χ4v) is 5.24. The van der Waals surface area contributed by atoms with E-state index in [0.29, 0.717) is 19.0 Å². The fraction of sp³-hybridized carbons (Fsp3) is 0.316. The van der Waals surface area contributed by atoms with Crippen molar-refractivity contribution in [2.75, 3.05) is 13.1 Å². The van der Waals surface area contributed by atoms with Crippen molar-refractivity contribution in [3.63, 3.8) is 0 Å². The molecule has 1 aliphatic heterocycles. The molecule has 26 heavy (non-hydrogen) atoms. The van der Waals surface area contributed by atoms with Crippen LogP contribution in [0.15, 0.2) is 53.4 Å². The Morgan fingerprint density at radius 2 is 1.77 bits per heavy atom. The summed E-state index contributed by atoms with van der Waals surface area (Å²) in [5.41, 5.74) is 1.05. The van der Waals surface area contributed by atoms with Crippen LogP contribution >= 0.6 is 11.6 Å². The molecule has 2 aromatic carbocycles. The topological polar surface area (TPSA) is 77.5 Å². The number of carboxylic acid groups (broad SMARTS) is 1. The second-order valence-electron chi connectivity index (χ2n) is 6.47. The van der Waals surface area contributed by atoms with Gasteiger partial charge in [0.1, 0.15) is 4.90 Å². The lowest BCUT2D eigenvalue weighted by Gasteiger charge is -2.31. The smallest absolute Gasteiger partial charge is 0.244 e. The SMILES string of the molecule is O=C([O-])c1ccc(Cl)c(S(=O)(=O)N2CCC(Cc3ccccc3)CC2)c1. The van der Waals surface area contributed by atoms with Crippen LogP contribution in [0.4, 0.5) is 0 Å². The molecule has 1 aliphatic rings. The van der Waals surface area contributed by atoms with Gasteiger partial charge in [0.15, 0.2) is 0 Å². The molecule has 0 aliphatic carbocycles. The van der Waals surface area contributed by atoms with E-state index >= 15 is 0 Å². The minimum atomic E-state index is -3.83. The number of carbonyl (C=O) groups excluding carboxylic acids is 1. The predicted molar refractivity (Wildman–Crippen MR) is 97.4 cm³/mol. The fourth-order valence-electron chi connectivity index (χ4n) is 3.27. The Labute approximate surface area is 158 Å².